The van der Waals surface area contributed by atoms with Gasteiger partial charge in [0.15, 0.2) is 0 Å². The average Bonchev–Trinajstić information content (AvgIpc) is 2.23. The van der Waals surface area contributed by atoms with Gasteiger partial charge in [-0.15, -0.1) is 0 Å². The number of aliphatic carboxylic acids is 1. The lowest BCUT2D eigenvalue weighted by Gasteiger charge is -2.18. The number of carbonyl (C=O) groups excluding carboxylic acids is 1. The van der Waals surface area contributed by atoms with Gasteiger partial charge in [0.2, 0.25) is 5.91 Å². The van der Waals surface area contributed by atoms with Gasteiger partial charge in [0.1, 0.15) is 11.2 Å². The Morgan fingerprint density at radius 2 is 2.00 bits per heavy atom. The third-order valence-corrected chi connectivity index (χ3v) is 2.51. The van der Waals surface area contributed by atoms with Gasteiger partial charge in [-0.2, -0.15) is 0 Å². The number of anilines is 1. The van der Waals surface area contributed by atoms with Crippen LogP contribution in [0.15, 0.2) is 18.2 Å². The lowest BCUT2D eigenvalue weighted by atomic mass is 9.92. The highest BCUT2D eigenvalue weighted by Gasteiger charge is 2.36. The Morgan fingerprint density at radius 3 is 2.53 bits per heavy atom. The van der Waals surface area contributed by atoms with Crippen molar-refractivity contribution in [3.05, 3.63) is 29.0 Å². The lowest BCUT2D eigenvalue weighted by molar-refractivity contribution is -0.151. The van der Waals surface area contributed by atoms with Crippen molar-refractivity contribution in [3.63, 3.8) is 0 Å². The second kappa shape index (κ2) is 4.71. The van der Waals surface area contributed by atoms with E-state index in [1.165, 1.54) is 26.0 Å². The van der Waals surface area contributed by atoms with Crippen LogP contribution < -0.4 is 5.32 Å². The standard InChI is InChI=1S/C11H11ClFNO3/c1-11(2,10(16)17)9(15)14-8-5-6(12)3-4-7(8)13/h3-5H,1-2H3,(H,14,15)(H,16,17). The van der Waals surface area contributed by atoms with Crippen molar-refractivity contribution in [2.45, 2.75) is 13.8 Å². The van der Waals surface area contributed by atoms with E-state index >= 15 is 0 Å². The molecule has 0 atom stereocenters. The summed E-state index contributed by atoms with van der Waals surface area (Å²) in [5.41, 5.74) is -1.79. The molecule has 0 radical (unpaired) electrons. The smallest absolute Gasteiger partial charge is 0.318 e. The third kappa shape index (κ3) is 2.94. The molecule has 0 aliphatic heterocycles. The molecule has 0 aromatic heterocycles. The van der Waals surface area contributed by atoms with Crippen molar-refractivity contribution in [2.24, 2.45) is 5.41 Å². The summed E-state index contributed by atoms with van der Waals surface area (Å²) >= 11 is 5.64. The molecule has 1 rings (SSSR count). The van der Waals surface area contributed by atoms with Crippen molar-refractivity contribution in [1.82, 2.24) is 0 Å². The van der Waals surface area contributed by atoms with E-state index in [4.69, 9.17) is 16.7 Å². The number of benzene rings is 1. The Balaban J connectivity index is 2.96. The number of carbonyl (C=O) groups is 2. The van der Waals surface area contributed by atoms with E-state index in [1.807, 2.05) is 0 Å². The van der Waals surface area contributed by atoms with Gasteiger partial charge in [0.25, 0.3) is 0 Å². The monoisotopic (exact) mass is 259 g/mol. The first kappa shape index (κ1) is 13.4. The summed E-state index contributed by atoms with van der Waals surface area (Å²) in [5, 5.41) is 11.3. The van der Waals surface area contributed by atoms with Crippen molar-refractivity contribution >= 4 is 29.2 Å². The zero-order valence-electron chi connectivity index (χ0n) is 9.25. The zero-order valence-corrected chi connectivity index (χ0v) is 10.0. The summed E-state index contributed by atoms with van der Waals surface area (Å²) in [4.78, 5) is 22.5. The molecule has 0 aliphatic rings. The number of carboxylic acid groups (broad SMARTS) is 1. The highest BCUT2D eigenvalue weighted by atomic mass is 35.5. The Kier molecular flexibility index (Phi) is 3.72. The van der Waals surface area contributed by atoms with Crippen molar-refractivity contribution in [2.75, 3.05) is 5.32 Å². The first-order valence-electron chi connectivity index (χ1n) is 4.75. The summed E-state index contributed by atoms with van der Waals surface area (Å²) in [5.74, 6) is -2.78. The van der Waals surface area contributed by atoms with Crippen LogP contribution in [0.25, 0.3) is 0 Å². The first-order valence-corrected chi connectivity index (χ1v) is 5.13. The Hall–Kier alpha value is -1.62. The SMILES string of the molecule is CC(C)(C(=O)O)C(=O)Nc1cc(Cl)ccc1F. The minimum Gasteiger partial charge on any atom is -0.480 e. The van der Waals surface area contributed by atoms with Crippen LogP contribution in [0.3, 0.4) is 0 Å². The molecule has 0 unspecified atom stereocenters. The van der Waals surface area contributed by atoms with Crippen molar-refractivity contribution in [3.8, 4) is 0 Å². The fourth-order valence-electron chi connectivity index (χ4n) is 0.969. The van der Waals surface area contributed by atoms with E-state index in [0.29, 0.717) is 0 Å². The molecule has 17 heavy (non-hydrogen) atoms. The molecule has 1 aromatic rings. The molecule has 0 fully saturated rings. The van der Waals surface area contributed by atoms with E-state index < -0.39 is 23.1 Å². The van der Waals surface area contributed by atoms with E-state index in [9.17, 15) is 14.0 Å². The van der Waals surface area contributed by atoms with Gasteiger partial charge in [-0.3, -0.25) is 9.59 Å². The van der Waals surface area contributed by atoms with Crippen LogP contribution in [0.2, 0.25) is 5.02 Å². The largest absolute Gasteiger partial charge is 0.480 e. The number of halogens is 2. The van der Waals surface area contributed by atoms with Crippen LogP contribution in [-0.2, 0) is 9.59 Å². The van der Waals surface area contributed by atoms with Gasteiger partial charge in [0.05, 0.1) is 5.69 Å². The van der Waals surface area contributed by atoms with Crippen molar-refractivity contribution < 1.29 is 19.1 Å². The minimum absolute atomic E-state index is 0.142. The molecule has 1 amide bonds. The minimum atomic E-state index is -1.64. The number of amides is 1. The highest BCUT2D eigenvalue weighted by molar-refractivity contribution is 6.31. The van der Waals surface area contributed by atoms with Gasteiger partial charge >= 0.3 is 5.97 Å². The fraction of sp³-hybridized carbons (Fsp3) is 0.273. The summed E-state index contributed by atoms with van der Waals surface area (Å²) in [6.07, 6.45) is 0. The maximum absolute atomic E-state index is 13.3. The summed E-state index contributed by atoms with van der Waals surface area (Å²) in [7, 11) is 0. The molecule has 0 saturated heterocycles. The molecular formula is C11H11ClFNO3. The van der Waals surface area contributed by atoms with E-state index in [2.05, 4.69) is 5.32 Å². The normalized spacial score (nSPS) is 11.1. The van der Waals surface area contributed by atoms with Gasteiger partial charge in [0, 0.05) is 5.02 Å². The highest BCUT2D eigenvalue weighted by Crippen LogP contribution is 2.23. The quantitative estimate of drug-likeness (QED) is 0.820. The van der Waals surface area contributed by atoms with Crippen LogP contribution in [0.5, 0.6) is 0 Å². The predicted octanol–water partition coefficient (Wildman–Crippen LogP) is 2.53. The van der Waals surface area contributed by atoms with E-state index in [-0.39, 0.29) is 10.7 Å². The average molecular weight is 260 g/mol. The number of hydrogen-bond donors (Lipinski definition) is 2. The fourth-order valence-corrected chi connectivity index (χ4v) is 1.14. The number of hydrogen-bond acceptors (Lipinski definition) is 2. The van der Waals surface area contributed by atoms with Gasteiger partial charge in [-0.05, 0) is 32.0 Å². The molecule has 92 valence electrons. The molecule has 0 heterocycles. The maximum atomic E-state index is 13.3. The van der Waals surface area contributed by atoms with Crippen molar-refractivity contribution in [1.29, 1.82) is 0 Å². The Labute approximate surface area is 102 Å². The summed E-state index contributed by atoms with van der Waals surface area (Å²) in [6, 6.07) is 3.63. The molecule has 0 spiro atoms. The van der Waals surface area contributed by atoms with E-state index in [1.54, 1.807) is 0 Å². The predicted molar refractivity (Wildman–Crippen MR) is 61.5 cm³/mol. The Morgan fingerprint density at radius 1 is 1.41 bits per heavy atom. The Bertz CT molecular complexity index is 474. The maximum Gasteiger partial charge on any atom is 0.318 e. The third-order valence-electron chi connectivity index (χ3n) is 2.28. The first-order chi connectivity index (χ1) is 7.75. The second-order valence-electron chi connectivity index (χ2n) is 4.01. The van der Waals surface area contributed by atoms with Gasteiger partial charge in [-0.1, -0.05) is 11.6 Å². The number of rotatable bonds is 3. The molecular weight excluding hydrogens is 249 g/mol. The molecule has 0 bridgehead atoms. The second-order valence-corrected chi connectivity index (χ2v) is 4.44. The molecule has 6 heteroatoms. The summed E-state index contributed by atoms with van der Waals surface area (Å²) < 4.78 is 13.3. The van der Waals surface area contributed by atoms with E-state index in [0.717, 1.165) is 6.07 Å². The van der Waals surface area contributed by atoms with Crippen LogP contribution >= 0.6 is 11.6 Å². The topological polar surface area (TPSA) is 66.4 Å². The number of carboxylic acids is 1. The van der Waals surface area contributed by atoms with Crippen LogP contribution in [0.4, 0.5) is 10.1 Å². The van der Waals surface area contributed by atoms with Gasteiger partial charge < -0.3 is 10.4 Å². The molecule has 2 N–H and O–H groups in total. The molecule has 0 saturated carbocycles. The number of nitrogens with one attached hydrogen (secondary N) is 1. The van der Waals surface area contributed by atoms with Crippen LogP contribution in [-0.4, -0.2) is 17.0 Å². The lowest BCUT2D eigenvalue weighted by Crippen LogP contribution is -2.38. The molecule has 0 aliphatic carbocycles. The van der Waals surface area contributed by atoms with Gasteiger partial charge in [-0.25, -0.2) is 4.39 Å². The molecule has 4 nitrogen and oxygen atoms in total. The summed E-state index contributed by atoms with van der Waals surface area (Å²) in [6.45, 7) is 2.46. The zero-order chi connectivity index (χ0) is 13.2. The van der Waals surface area contributed by atoms with Crippen LogP contribution in [0, 0.1) is 11.2 Å². The molecule has 1 aromatic carbocycles. The van der Waals surface area contributed by atoms with Crippen LogP contribution in [0.1, 0.15) is 13.8 Å².